The number of hydrogen-bond acceptors (Lipinski definition) is 6. The predicted octanol–water partition coefficient (Wildman–Crippen LogP) is 4.31. The second-order valence-corrected chi connectivity index (χ2v) is 6.35. The van der Waals surface area contributed by atoms with Crippen LogP contribution in [0, 0.1) is 0 Å². The van der Waals surface area contributed by atoms with Crippen LogP contribution < -0.4 is 9.47 Å². The van der Waals surface area contributed by atoms with Crippen LogP contribution in [0.15, 0.2) is 47.0 Å². The van der Waals surface area contributed by atoms with Crippen LogP contribution in [0.1, 0.15) is 13.8 Å². The molecule has 0 spiro atoms. The first-order valence-electron chi connectivity index (χ1n) is 8.17. The van der Waals surface area contributed by atoms with Gasteiger partial charge >= 0.3 is 5.97 Å². The van der Waals surface area contributed by atoms with Gasteiger partial charge in [0.15, 0.2) is 6.61 Å². The molecule has 3 aromatic rings. The number of aromatic nitrogens is 2. The van der Waals surface area contributed by atoms with Gasteiger partial charge in [-0.05, 0) is 56.3 Å². The number of ether oxygens (including phenoxy) is 2. The first-order chi connectivity index (χ1) is 12.9. The molecule has 2 aromatic carbocycles. The Hall–Kier alpha value is -3.06. The highest BCUT2D eigenvalue weighted by Gasteiger charge is 2.13. The Morgan fingerprint density at radius 2 is 1.89 bits per heavy atom. The molecule has 0 bridgehead atoms. The minimum absolute atomic E-state index is 0.0209. The van der Waals surface area contributed by atoms with Crippen molar-refractivity contribution >= 4 is 17.6 Å². The average Bonchev–Trinajstić information content (AvgIpc) is 3.12. The molecule has 27 heavy (non-hydrogen) atoms. The van der Waals surface area contributed by atoms with Gasteiger partial charge in [0.1, 0.15) is 11.5 Å². The zero-order valence-electron chi connectivity index (χ0n) is 14.7. The normalized spacial score (nSPS) is 10.8. The van der Waals surface area contributed by atoms with Crippen LogP contribution in [0.3, 0.4) is 0 Å². The van der Waals surface area contributed by atoms with E-state index in [1.807, 2.05) is 13.8 Å². The van der Waals surface area contributed by atoms with Gasteiger partial charge < -0.3 is 19.1 Å². The molecule has 3 rings (SSSR count). The van der Waals surface area contributed by atoms with Gasteiger partial charge in [0.25, 0.3) is 5.89 Å². The van der Waals surface area contributed by atoms with E-state index in [4.69, 9.17) is 30.7 Å². The molecule has 0 unspecified atom stereocenters. The summed E-state index contributed by atoms with van der Waals surface area (Å²) in [5.41, 5.74) is 1.38. The Morgan fingerprint density at radius 1 is 1.19 bits per heavy atom. The van der Waals surface area contributed by atoms with Gasteiger partial charge in [0.2, 0.25) is 5.82 Å². The van der Waals surface area contributed by atoms with E-state index in [9.17, 15) is 4.79 Å². The van der Waals surface area contributed by atoms with Crippen LogP contribution >= 0.6 is 11.6 Å². The second kappa shape index (κ2) is 8.09. The molecule has 0 saturated heterocycles. The fraction of sp³-hybridized carbons (Fsp3) is 0.211. The van der Waals surface area contributed by atoms with Crippen molar-refractivity contribution in [1.82, 2.24) is 10.1 Å². The fourth-order valence-corrected chi connectivity index (χ4v) is 2.51. The van der Waals surface area contributed by atoms with Crippen molar-refractivity contribution in [1.29, 1.82) is 0 Å². The van der Waals surface area contributed by atoms with Crippen LogP contribution in [-0.2, 0) is 4.79 Å². The van der Waals surface area contributed by atoms with Gasteiger partial charge in [-0.25, -0.2) is 4.79 Å². The van der Waals surface area contributed by atoms with Crippen LogP contribution in [0.5, 0.6) is 11.5 Å². The molecular weight excluding hydrogens is 372 g/mol. The number of nitrogens with zero attached hydrogens (tertiary/aromatic N) is 2. The third-order valence-corrected chi connectivity index (χ3v) is 3.74. The SMILES string of the molecule is CC(C)Oc1ccc(-c2noc(-c3ccc(OCC(=O)O)cc3)n2)cc1Cl. The summed E-state index contributed by atoms with van der Waals surface area (Å²) in [6, 6.07) is 12.0. The average molecular weight is 389 g/mol. The summed E-state index contributed by atoms with van der Waals surface area (Å²) < 4.78 is 16.0. The van der Waals surface area contributed by atoms with Crippen LogP contribution in [0.25, 0.3) is 22.8 Å². The number of benzene rings is 2. The molecule has 7 nitrogen and oxygen atoms in total. The first-order valence-corrected chi connectivity index (χ1v) is 8.55. The molecule has 1 aromatic heterocycles. The molecule has 0 saturated carbocycles. The number of aliphatic carboxylic acids is 1. The molecular formula is C19H17ClN2O5. The predicted molar refractivity (Wildman–Crippen MR) is 99.1 cm³/mol. The molecule has 0 fully saturated rings. The molecule has 1 heterocycles. The standard InChI is InChI=1S/C19H17ClN2O5/c1-11(2)26-16-8-5-13(9-15(16)20)18-21-19(27-22-18)12-3-6-14(7-4-12)25-10-17(23)24/h3-9,11H,10H2,1-2H3,(H,23,24). The third-order valence-electron chi connectivity index (χ3n) is 3.44. The minimum Gasteiger partial charge on any atom is -0.489 e. The molecule has 0 amide bonds. The maximum absolute atomic E-state index is 10.5. The topological polar surface area (TPSA) is 94.7 Å². The smallest absolute Gasteiger partial charge is 0.341 e. The quantitative estimate of drug-likeness (QED) is 0.644. The number of hydrogen-bond donors (Lipinski definition) is 1. The van der Waals surface area contributed by atoms with E-state index in [2.05, 4.69) is 10.1 Å². The Morgan fingerprint density at radius 3 is 2.52 bits per heavy atom. The summed E-state index contributed by atoms with van der Waals surface area (Å²) >= 11 is 6.25. The molecule has 0 aliphatic heterocycles. The Bertz CT molecular complexity index is 938. The first kappa shape index (κ1) is 18.7. The molecule has 8 heteroatoms. The van der Waals surface area contributed by atoms with Gasteiger partial charge in [-0.2, -0.15) is 4.98 Å². The minimum atomic E-state index is -1.04. The number of halogens is 1. The van der Waals surface area contributed by atoms with Crippen molar-refractivity contribution in [2.45, 2.75) is 20.0 Å². The van der Waals surface area contributed by atoms with E-state index in [1.165, 1.54) is 0 Å². The van der Waals surface area contributed by atoms with Crippen LogP contribution in [0.2, 0.25) is 5.02 Å². The van der Waals surface area contributed by atoms with Crippen LogP contribution in [0.4, 0.5) is 0 Å². The Labute approximate surface area is 160 Å². The number of carbonyl (C=O) groups is 1. The van der Waals surface area contributed by atoms with Gasteiger partial charge in [0, 0.05) is 11.1 Å². The summed E-state index contributed by atoms with van der Waals surface area (Å²) in [6.45, 7) is 3.45. The van der Waals surface area contributed by atoms with Crippen molar-refractivity contribution in [3.63, 3.8) is 0 Å². The van der Waals surface area contributed by atoms with E-state index in [1.54, 1.807) is 42.5 Å². The third kappa shape index (κ3) is 4.77. The van der Waals surface area contributed by atoms with Crippen LogP contribution in [-0.4, -0.2) is 33.9 Å². The lowest BCUT2D eigenvalue weighted by molar-refractivity contribution is -0.139. The maximum atomic E-state index is 10.5. The van der Waals surface area contributed by atoms with E-state index < -0.39 is 12.6 Å². The van der Waals surface area contributed by atoms with E-state index >= 15 is 0 Å². The molecule has 140 valence electrons. The molecule has 1 N–H and O–H groups in total. The second-order valence-electron chi connectivity index (χ2n) is 5.94. The molecule has 0 aliphatic rings. The highest BCUT2D eigenvalue weighted by molar-refractivity contribution is 6.32. The lowest BCUT2D eigenvalue weighted by Crippen LogP contribution is -2.09. The van der Waals surface area contributed by atoms with Crippen molar-refractivity contribution in [2.24, 2.45) is 0 Å². The molecule has 0 atom stereocenters. The summed E-state index contributed by atoms with van der Waals surface area (Å²) in [6.07, 6.45) is 0.0209. The summed E-state index contributed by atoms with van der Waals surface area (Å²) in [5, 5.41) is 13.1. The van der Waals surface area contributed by atoms with Gasteiger partial charge in [0.05, 0.1) is 11.1 Å². The summed E-state index contributed by atoms with van der Waals surface area (Å²) in [7, 11) is 0. The van der Waals surface area contributed by atoms with Crippen molar-refractivity contribution in [2.75, 3.05) is 6.61 Å². The fourth-order valence-electron chi connectivity index (χ4n) is 2.29. The Balaban J connectivity index is 1.76. The number of carboxylic acid groups (broad SMARTS) is 1. The highest BCUT2D eigenvalue weighted by atomic mass is 35.5. The van der Waals surface area contributed by atoms with E-state index in [-0.39, 0.29) is 6.10 Å². The highest BCUT2D eigenvalue weighted by Crippen LogP contribution is 2.31. The van der Waals surface area contributed by atoms with Gasteiger partial charge in [-0.15, -0.1) is 0 Å². The van der Waals surface area contributed by atoms with Crippen molar-refractivity contribution < 1.29 is 23.9 Å². The van der Waals surface area contributed by atoms with Crippen molar-refractivity contribution in [3.8, 4) is 34.3 Å². The van der Waals surface area contributed by atoms with E-state index in [0.717, 1.165) is 0 Å². The summed E-state index contributed by atoms with van der Waals surface area (Å²) in [5.74, 6) is 0.719. The van der Waals surface area contributed by atoms with Crippen molar-refractivity contribution in [3.05, 3.63) is 47.5 Å². The largest absolute Gasteiger partial charge is 0.489 e. The number of rotatable bonds is 7. The van der Waals surface area contributed by atoms with Gasteiger partial charge in [-0.3, -0.25) is 0 Å². The zero-order chi connectivity index (χ0) is 19.4. The van der Waals surface area contributed by atoms with E-state index in [0.29, 0.717) is 39.4 Å². The zero-order valence-corrected chi connectivity index (χ0v) is 15.4. The monoisotopic (exact) mass is 388 g/mol. The number of carboxylic acids is 1. The van der Waals surface area contributed by atoms with Gasteiger partial charge in [-0.1, -0.05) is 16.8 Å². The summed E-state index contributed by atoms with van der Waals surface area (Å²) in [4.78, 5) is 14.9. The lowest BCUT2D eigenvalue weighted by Gasteiger charge is -2.11. The lowest BCUT2D eigenvalue weighted by atomic mass is 10.2. The molecule has 0 radical (unpaired) electrons. The maximum Gasteiger partial charge on any atom is 0.341 e. The Kier molecular flexibility index (Phi) is 5.61. The molecule has 0 aliphatic carbocycles.